The van der Waals surface area contributed by atoms with Gasteiger partial charge in [-0.3, -0.25) is 33.8 Å². The lowest BCUT2D eigenvalue weighted by molar-refractivity contribution is -0.142. The Morgan fingerprint density at radius 1 is 0.487 bits per heavy atom. The van der Waals surface area contributed by atoms with E-state index in [1.54, 1.807) is 24.8 Å². The number of nitrogens with one attached hydrogen (secondary N) is 10. The molecule has 0 bridgehead atoms. The number of carboxylic acid groups (broad SMARTS) is 1. The second-order valence-electron chi connectivity index (χ2n) is 19.5. The largest absolute Gasteiger partial charge is 0.480 e. The lowest BCUT2D eigenvalue weighted by Gasteiger charge is -2.27. The van der Waals surface area contributed by atoms with Crippen molar-refractivity contribution in [3.63, 3.8) is 0 Å². The van der Waals surface area contributed by atoms with Crippen LogP contribution in [-0.2, 0) is 59.2 Å². The van der Waals surface area contributed by atoms with Gasteiger partial charge in [0, 0.05) is 101 Å². The van der Waals surface area contributed by atoms with Crippen LogP contribution < -0.4 is 49.1 Å². The first-order valence-electron chi connectivity index (χ1n) is 26.2. The predicted molar refractivity (Wildman–Crippen MR) is 309 cm³/mol. The molecule has 0 aliphatic heterocycles. The van der Waals surface area contributed by atoms with Gasteiger partial charge >= 0.3 is 5.97 Å². The fourth-order valence-electron chi connectivity index (χ4n) is 9.80. The quantitative estimate of drug-likeness (QED) is 0.0191. The van der Waals surface area contributed by atoms with E-state index in [9.17, 15) is 24.3 Å². The van der Waals surface area contributed by atoms with Gasteiger partial charge < -0.3 is 74.1 Å². The zero-order valence-electron chi connectivity index (χ0n) is 44.0. The third kappa shape index (κ3) is 14.5. The lowest BCUT2D eigenvalue weighted by Crippen LogP contribution is -2.60. The van der Waals surface area contributed by atoms with E-state index in [0.29, 0.717) is 22.4 Å². The Labute approximate surface area is 464 Å². The summed E-state index contributed by atoms with van der Waals surface area (Å²) >= 11 is 1.42. The predicted octanol–water partition coefficient (Wildman–Crippen LogP) is 2.64. The molecule has 22 nitrogen and oxygen atoms in total. The maximum atomic E-state index is 15.0. The van der Waals surface area contributed by atoms with Crippen molar-refractivity contribution in [3.05, 3.63) is 144 Å². The standard InChI is InChI=1S/C57H66N14O8S/c1-80-22-20-45(56(78)79)68-54(76)48(25-34-30-64-42-17-8-4-13-38(34)42)71-55(77)49(26-35-31-65-43-18-9-5-14-39(35)43)69-51(73)44(19-10-21-61-57(59)60)67-53(75)47(24-33-29-63-41-16-7-3-12-37(33)41)70-52(74)46(66-50(72)27-58)23-32-28-62-40-15-6-2-11-36(32)40/h2-9,11-18,28-31,44-49,62-65H,10,19-27,58H2,1H3,(H,66,72)(H,67,75)(H,68,76)(H,69,73)(H,70,74)(H,71,77)(H,78,79)(H4,59,60,61)/t44-,45-,46-,47-,48-,49-/m0/s1. The number of thioether (sulfide) groups is 1. The molecule has 0 saturated heterocycles. The smallest absolute Gasteiger partial charge is 0.326 e. The molecular weight excluding hydrogens is 1040 g/mol. The number of aromatic nitrogens is 4. The van der Waals surface area contributed by atoms with Crippen molar-refractivity contribution in [2.24, 2.45) is 22.2 Å². The first kappa shape index (κ1) is 57.1. The zero-order valence-corrected chi connectivity index (χ0v) is 44.8. The van der Waals surface area contributed by atoms with Crippen molar-refractivity contribution in [2.45, 2.75) is 81.2 Å². The number of hydrogen-bond donors (Lipinski definition) is 14. The molecule has 80 heavy (non-hydrogen) atoms. The summed E-state index contributed by atoms with van der Waals surface area (Å²) < 4.78 is 0. The molecule has 23 heteroatoms. The van der Waals surface area contributed by atoms with Gasteiger partial charge in [0.25, 0.3) is 0 Å². The highest BCUT2D eigenvalue weighted by molar-refractivity contribution is 7.98. The van der Waals surface area contributed by atoms with Crippen LogP contribution in [0.4, 0.5) is 0 Å². The summed E-state index contributed by atoms with van der Waals surface area (Å²) in [6.07, 6.45) is 8.75. The molecule has 17 N–H and O–H groups in total. The Morgan fingerprint density at radius 3 is 1.15 bits per heavy atom. The number of aliphatic carboxylic acids is 1. The highest BCUT2D eigenvalue weighted by Crippen LogP contribution is 2.24. The number of hydrogen-bond acceptors (Lipinski definition) is 10. The molecule has 4 aromatic carbocycles. The topological polar surface area (TPSA) is 365 Å². The first-order chi connectivity index (χ1) is 38.7. The van der Waals surface area contributed by atoms with E-state index < -0.39 is 84.2 Å². The Hall–Kier alpha value is -9.09. The Morgan fingerprint density at radius 2 is 0.812 bits per heavy atom. The van der Waals surface area contributed by atoms with E-state index in [2.05, 4.69) is 56.8 Å². The Bertz CT molecular complexity index is 3530. The van der Waals surface area contributed by atoms with Crippen LogP contribution in [0.3, 0.4) is 0 Å². The van der Waals surface area contributed by atoms with Crippen molar-refractivity contribution >= 4 is 103 Å². The number of carbonyl (C=O) groups excluding carboxylic acids is 6. The van der Waals surface area contributed by atoms with Gasteiger partial charge in [0.2, 0.25) is 35.4 Å². The SMILES string of the molecule is CSCC[C@H](NC(=O)[C@H](Cc1c[nH]c2ccccc12)NC(=O)[C@H](Cc1c[nH]c2ccccc12)NC(=O)[C@H](CCCN=C(N)N)NC(=O)[C@H](Cc1c[nH]c2ccccc12)NC(=O)[C@H](Cc1c[nH]c2ccccc12)NC(=O)CN)C(=O)O. The van der Waals surface area contributed by atoms with E-state index in [1.807, 2.05) is 103 Å². The number of nitrogens with two attached hydrogens (primary N) is 3. The van der Waals surface area contributed by atoms with Crippen LogP contribution in [0.25, 0.3) is 43.6 Å². The molecule has 418 valence electrons. The molecule has 6 amide bonds. The second-order valence-corrected chi connectivity index (χ2v) is 20.4. The third-order valence-corrected chi connectivity index (χ3v) is 14.6. The van der Waals surface area contributed by atoms with Gasteiger partial charge in [-0.05, 0) is 77.8 Å². The van der Waals surface area contributed by atoms with Gasteiger partial charge in [-0.15, -0.1) is 0 Å². The minimum atomic E-state index is -1.40. The molecular formula is C57H66N14O8S. The van der Waals surface area contributed by atoms with Crippen LogP contribution in [0.2, 0.25) is 0 Å². The van der Waals surface area contributed by atoms with Crippen LogP contribution in [0, 0.1) is 0 Å². The van der Waals surface area contributed by atoms with Crippen molar-refractivity contribution in [1.82, 2.24) is 51.8 Å². The third-order valence-electron chi connectivity index (χ3n) is 13.9. The summed E-state index contributed by atoms with van der Waals surface area (Å²) in [4.78, 5) is 116. The number of benzene rings is 4. The average Bonchev–Trinajstić information content (AvgIpc) is 4.27. The van der Waals surface area contributed by atoms with Crippen molar-refractivity contribution < 1.29 is 38.7 Å². The minimum absolute atomic E-state index is 0.0289. The molecule has 0 aliphatic carbocycles. The van der Waals surface area contributed by atoms with Gasteiger partial charge in [-0.1, -0.05) is 72.8 Å². The highest BCUT2D eigenvalue weighted by atomic mass is 32.2. The van der Waals surface area contributed by atoms with Gasteiger partial charge in [0.05, 0.1) is 6.54 Å². The number of H-pyrrole nitrogens is 4. The number of para-hydroxylation sites is 4. The Kier molecular flexibility index (Phi) is 19.3. The molecule has 0 spiro atoms. The van der Waals surface area contributed by atoms with Crippen molar-refractivity contribution in [1.29, 1.82) is 0 Å². The number of fused-ring (bicyclic) bond motifs is 4. The summed E-state index contributed by atoms with van der Waals surface area (Å²) in [5.41, 5.74) is 22.9. The lowest BCUT2D eigenvalue weighted by atomic mass is 10.00. The van der Waals surface area contributed by atoms with E-state index in [1.165, 1.54) is 11.8 Å². The summed E-state index contributed by atoms with van der Waals surface area (Å²) in [7, 11) is 0. The first-order valence-corrected chi connectivity index (χ1v) is 27.6. The molecule has 0 fully saturated rings. The number of nitrogens with zero attached hydrogens (tertiary/aromatic N) is 1. The second kappa shape index (κ2) is 27.0. The monoisotopic (exact) mass is 1110 g/mol. The van der Waals surface area contributed by atoms with Crippen LogP contribution in [-0.4, -0.2) is 134 Å². The molecule has 0 aliphatic rings. The summed E-state index contributed by atoms with van der Waals surface area (Å²) in [6, 6.07) is 21.7. The number of rotatable bonds is 28. The van der Waals surface area contributed by atoms with Crippen LogP contribution in [0.5, 0.6) is 0 Å². The van der Waals surface area contributed by atoms with E-state index in [0.717, 1.165) is 49.2 Å². The molecule has 0 unspecified atom stereocenters. The zero-order chi connectivity index (χ0) is 56.7. The number of aliphatic imine (C=N–C) groups is 1. The number of aromatic amines is 4. The molecule has 8 aromatic rings. The maximum absolute atomic E-state index is 15.0. The normalized spacial score (nSPS) is 13.6. The van der Waals surface area contributed by atoms with E-state index >= 15 is 14.4 Å². The average molecular weight is 1110 g/mol. The number of amides is 6. The van der Waals surface area contributed by atoms with Gasteiger partial charge in [0.15, 0.2) is 5.96 Å². The summed E-state index contributed by atoms with van der Waals surface area (Å²) in [5.74, 6) is -5.41. The van der Waals surface area contributed by atoms with E-state index in [4.69, 9.17) is 17.2 Å². The van der Waals surface area contributed by atoms with Crippen LogP contribution >= 0.6 is 11.8 Å². The fourth-order valence-corrected chi connectivity index (χ4v) is 10.3. The Balaban J connectivity index is 1.11. The maximum Gasteiger partial charge on any atom is 0.326 e. The summed E-state index contributed by atoms with van der Waals surface area (Å²) in [6.45, 7) is -0.347. The number of guanidine groups is 1. The van der Waals surface area contributed by atoms with Gasteiger partial charge in [-0.25, -0.2) is 4.79 Å². The van der Waals surface area contributed by atoms with Gasteiger partial charge in [0.1, 0.15) is 36.3 Å². The number of carbonyl (C=O) groups is 7. The van der Waals surface area contributed by atoms with Gasteiger partial charge in [-0.2, -0.15) is 11.8 Å². The molecule has 4 heterocycles. The fraction of sp³-hybridized carbons (Fsp3) is 0.298. The van der Waals surface area contributed by atoms with E-state index in [-0.39, 0.29) is 57.5 Å². The van der Waals surface area contributed by atoms with Crippen LogP contribution in [0.1, 0.15) is 41.5 Å². The molecule has 0 radical (unpaired) electrons. The minimum Gasteiger partial charge on any atom is -0.480 e. The molecule has 6 atom stereocenters. The van der Waals surface area contributed by atoms with Crippen molar-refractivity contribution in [3.8, 4) is 0 Å². The van der Waals surface area contributed by atoms with Crippen molar-refractivity contribution in [2.75, 3.05) is 25.1 Å². The molecule has 4 aromatic heterocycles. The number of carboxylic acids is 1. The van der Waals surface area contributed by atoms with Crippen LogP contribution in [0.15, 0.2) is 127 Å². The highest BCUT2D eigenvalue weighted by Gasteiger charge is 2.35. The summed E-state index contributed by atoms with van der Waals surface area (Å²) in [5, 5.41) is 30.1. The molecule has 8 rings (SSSR count). The molecule has 0 saturated carbocycles.